The Kier molecular flexibility index (Phi) is 6.59. The van der Waals surface area contributed by atoms with E-state index in [2.05, 4.69) is 5.32 Å². The van der Waals surface area contributed by atoms with Crippen LogP contribution in [0.4, 0.5) is 0 Å². The van der Waals surface area contributed by atoms with Crippen LogP contribution in [0.25, 0.3) is 0 Å². The normalized spacial score (nSPS) is 11.2. The molecule has 0 atom stereocenters. The van der Waals surface area contributed by atoms with Gasteiger partial charge < -0.3 is 15.8 Å². The maximum absolute atomic E-state index is 11.7. The highest BCUT2D eigenvalue weighted by atomic mass is 35.5. The number of ether oxygens (including phenoxy) is 1. The van der Waals surface area contributed by atoms with Crippen molar-refractivity contribution in [3.05, 3.63) is 28.2 Å². The molecule has 4 nitrogen and oxygen atoms in total. The minimum atomic E-state index is -0.366. The number of amides is 1. The standard InChI is InChI=1S/C14H20Cl2N2O2/c1-3-14(17,4-2)9-18-13(19)8-20-12-6-10(15)5-11(16)7-12/h5-7H,3-4,8-9,17H2,1-2H3,(H,18,19). The molecule has 0 aromatic heterocycles. The molecule has 0 aliphatic carbocycles. The van der Waals surface area contributed by atoms with E-state index in [0.29, 0.717) is 22.3 Å². The summed E-state index contributed by atoms with van der Waals surface area (Å²) < 4.78 is 5.34. The Morgan fingerprint density at radius 3 is 2.30 bits per heavy atom. The summed E-state index contributed by atoms with van der Waals surface area (Å²) in [5.74, 6) is 0.237. The van der Waals surface area contributed by atoms with Gasteiger partial charge in [-0.15, -0.1) is 0 Å². The summed E-state index contributed by atoms with van der Waals surface area (Å²) >= 11 is 11.7. The van der Waals surface area contributed by atoms with Crippen molar-refractivity contribution in [2.45, 2.75) is 32.2 Å². The van der Waals surface area contributed by atoms with Crippen molar-refractivity contribution < 1.29 is 9.53 Å². The fourth-order valence-electron chi connectivity index (χ4n) is 1.59. The molecule has 0 saturated carbocycles. The molecular weight excluding hydrogens is 299 g/mol. The minimum absolute atomic E-state index is 0.0970. The van der Waals surface area contributed by atoms with Crippen molar-refractivity contribution in [1.82, 2.24) is 5.32 Å². The molecule has 20 heavy (non-hydrogen) atoms. The SMILES string of the molecule is CCC(N)(CC)CNC(=O)COc1cc(Cl)cc(Cl)c1. The molecule has 0 fully saturated rings. The van der Waals surface area contributed by atoms with Crippen LogP contribution in [-0.2, 0) is 4.79 Å². The summed E-state index contributed by atoms with van der Waals surface area (Å²) in [6.45, 7) is 4.33. The third-order valence-corrected chi connectivity index (χ3v) is 3.69. The van der Waals surface area contributed by atoms with Crippen LogP contribution < -0.4 is 15.8 Å². The highest BCUT2D eigenvalue weighted by molar-refractivity contribution is 6.34. The Labute approximate surface area is 129 Å². The van der Waals surface area contributed by atoms with Gasteiger partial charge in [-0.25, -0.2) is 0 Å². The van der Waals surface area contributed by atoms with Gasteiger partial charge in [0.05, 0.1) is 0 Å². The van der Waals surface area contributed by atoms with E-state index in [1.807, 2.05) is 13.8 Å². The molecule has 6 heteroatoms. The highest BCUT2D eigenvalue weighted by Gasteiger charge is 2.20. The first-order valence-electron chi connectivity index (χ1n) is 6.53. The van der Waals surface area contributed by atoms with Crippen LogP contribution in [0.15, 0.2) is 18.2 Å². The topological polar surface area (TPSA) is 64.3 Å². The van der Waals surface area contributed by atoms with Crippen LogP contribution >= 0.6 is 23.2 Å². The smallest absolute Gasteiger partial charge is 0.258 e. The molecular formula is C14H20Cl2N2O2. The Bertz CT molecular complexity index is 442. The second-order valence-corrected chi connectivity index (χ2v) is 5.61. The largest absolute Gasteiger partial charge is 0.484 e. The van der Waals surface area contributed by atoms with Crippen molar-refractivity contribution in [1.29, 1.82) is 0 Å². The zero-order valence-corrected chi connectivity index (χ0v) is 13.2. The molecule has 3 N–H and O–H groups in total. The number of halogens is 2. The summed E-state index contributed by atoms with van der Waals surface area (Å²) in [5.41, 5.74) is 5.74. The van der Waals surface area contributed by atoms with Crippen molar-refractivity contribution in [3.8, 4) is 5.75 Å². The van der Waals surface area contributed by atoms with Gasteiger partial charge in [-0.2, -0.15) is 0 Å². The third kappa shape index (κ3) is 5.57. The summed E-state index contributed by atoms with van der Waals surface area (Å²) in [4.78, 5) is 11.7. The zero-order chi connectivity index (χ0) is 15.2. The van der Waals surface area contributed by atoms with Crippen LogP contribution in [0.3, 0.4) is 0 Å². The lowest BCUT2D eigenvalue weighted by Gasteiger charge is -2.26. The van der Waals surface area contributed by atoms with Gasteiger partial charge in [0.15, 0.2) is 6.61 Å². The van der Waals surface area contributed by atoms with Gasteiger partial charge in [0, 0.05) is 22.1 Å². The molecule has 1 amide bonds. The molecule has 1 aromatic rings. The Morgan fingerprint density at radius 1 is 1.25 bits per heavy atom. The molecule has 0 radical (unpaired) electrons. The first-order chi connectivity index (χ1) is 9.38. The number of carbonyl (C=O) groups excluding carboxylic acids is 1. The molecule has 0 heterocycles. The fourth-order valence-corrected chi connectivity index (χ4v) is 2.09. The van der Waals surface area contributed by atoms with E-state index < -0.39 is 0 Å². The Hall–Kier alpha value is -0.970. The Morgan fingerprint density at radius 2 is 1.80 bits per heavy atom. The molecule has 0 saturated heterocycles. The number of hydrogen-bond acceptors (Lipinski definition) is 3. The molecule has 112 valence electrons. The lowest BCUT2D eigenvalue weighted by atomic mass is 9.94. The van der Waals surface area contributed by atoms with E-state index in [0.717, 1.165) is 12.8 Å². The summed E-state index contributed by atoms with van der Waals surface area (Å²) in [6, 6.07) is 4.80. The van der Waals surface area contributed by atoms with Gasteiger partial charge in [0.1, 0.15) is 5.75 Å². The lowest BCUT2D eigenvalue weighted by Crippen LogP contribution is -2.50. The highest BCUT2D eigenvalue weighted by Crippen LogP contribution is 2.24. The lowest BCUT2D eigenvalue weighted by molar-refractivity contribution is -0.123. The second-order valence-electron chi connectivity index (χ2n) is 4.74. The van der Waals surface area contributed by atoms with E-state index in [-0.39, 0.29) is 18.1 Å². The minimum Gasteiger partial charge on any atom is -0.484 e. The Balaban J connectivity index is 2.44. The molecule has 0 unspecified atom stereocenters. The van der Waals surface area contributed by atoms with E-state index in [4.69, 9.17) is 33.7 Å². The predicted octanol–water partition coefficient (Wildman–Crippen LogP) is 3.01. The average Bonchev–Trinajstić information content (AvgIpc) is 2.41. The summed E-state index contributed by atoms with van der Waals surface area (Å²) in [5, 5.41) is 3.70. The van der Waals surface area contributed by atoms with E-state index in [1.54, 1.807) is 18.2 Å². The van der Waals surface area contributed by atoms with Crippen molar-refractivity contribution in [2.75, 3.05) is 13.2 Å². The van der Waals surface area contributed by atoms with Crippen LogP contribution in [-0.4, -0.2) is 24.6 Å². The molecule has 0 aliphatic heterocycles. The van der Waals surface area contributed by atoms with Gasteiger partial charge in [0.25, 0.3) is 5.91 Å². The van der Waals surface area contributed by atoms with Gasteiger partial charge in [-0.05, 0) is 31.0 Å². The van der Waals surface area contributed by atoms with Crippen molar-refractivity contribution >= 4 is 29.1 Å². The molecule has 1 rings (SSSR count). The molecule has 0 aliphatic rings. The maximum Gasteiger partial charge on any atom is 0.258 e. The average molecular weight is 319 g/mol. The monoisotopic (exact) mass is 318 g/mol. The van der Waals surface area contributed by atoms with Crippen molar-refractivity contribution in [2.24, 2.45) is 5.73 Å². The number of nitrogens with one attached hydrogen (secondary N) is 1. The van der Waals surface area contributed by atoms with Gasteiger partial charge in [0.2, 0.25) is 0 Å². The first kappa shape index (κ1) is 17.1. The first-order valence-corrected chi connectivity index (χ1v) is 7.28. The second kappa shape index (κ2) is 7.72. The molecule has 1 aromatic carbocycles. The van der Waals surface area contributed by atoms with E-state index in [1.165, 1.54) is 0 Å². The van der Waals surface area contributed by atoms with Crippen molar-refractivity contribution in [3.63, 3.8) is 0 Å². The number of hydrogen-bond donors (Lipinski definition) is 2. The van der Waals surface area contributed by atoms with Gasteiger partial charge in [-0.1, -0.05) is 37.0 Å². The van der Waals surface area contributed by atoms with E-state index in [9.17, 15) is 4.79 Å². The van der Waals surface area contributed by atoms with E-state index >= 15 is 0 Å². The van der Waals surface area contributed by atoms with Crippen LogP contribution in [0, 0.1) is 0 Å². The summed E-state index contributed by atoms with van der Waals surface area (Å²) in [6.07, 6.45) is 1.60. The number of rotatable bonds is 7. The van der Waals surface area contributed by atoms with Gasteiger partial charge in [-0.3, -0.25) is 4.79 Å². The van der Waals surface area contributed by atoms with Crippen LogP contribution in [0.5, 0.6) is 5.75 Å². The van der Waals surface area contributed by atoms with Crippen LogP contribution in [0.2, 0.25) is 10.0 Å². The molecule has 0 bridgehead atoms. The maximum atomic E-state index is 11.7. The predicted molar refractivity (Wildman–Crippen MR) is 82.5 cm³/mol. The number of benzene rings is 1. The molecule has 0 spiro atoms. The summed E-state index contributed by atoms with van der Waals surface area (Å²) in [7, 11) is 0. The van der Waals surface area contributed by atoms with Crippen LogP contribution in [0.1, 0.15) is 26.7 Å². The third-order valence-electron chi connectivity index (χ3n) is 3.25. The number of nitrogens with two attached hydrogens (primary N) is 1. The number of carbonyl (C=O) groups is 1. The fraction of sp³-hybridized carbons (Fsp3) is 0.500. The quantitative estimate of drug-likeness (QED) is 0.812. The van der Waals surface area contributed by atoms with Gasteiger partial charge >= 0.3 is 0 Å². The zero-order valence-electron chi connectivity index (χ0n) is 11.7.